The van der Waals surface area contributed by atoms with E-state index in [-0.39, 0.29) is 0 Å². The van der Waals surface area contributed by atoms with E-state index in [9.17, 15) is 0 Å². The minimum absolute atomic E-state index is 0.520. The summed E-state index contributed by atoms with van der Waals surface area (Å²) in [7, 11) is 1.66. The molecule has 0 atom stereocenters. The summed E-state index contributed by atoms with van der Waals surface area (Å²) in [6, 6.07) is 1.65. The first kappa shape index (κ1) is 11.7. The lowest BCUT2D eigenvalue weighted by atomic mass is 10.5. The van der Waals surface area contributed by atoms with Crippen LogP contribution >= 0.6 is 0 Å². The lowest BCUT2D eigenvalue weighted by Gasteiger charge is -2.07. The van der Waals surface area contributed by atoms with Gasteiger partial charge in [-0.3, -0.25) is 0 Å². The van der Waals surface area contributed by atoms with E-state index in [0.717, 1.165) is 6.42 Å². The Balaban J connectivity index is 2.49. The number of hydrogen-bond donors (Lipinski definition) is 2. The molecule has 15 heavy (non-hydrogen) atoms. The Labute approximate surface area is 88.8 Å². The average molecular weight is 212 g/mol. The SMILES string of the molecule is COCCCOc1cc(NN)nc(C)n1. The zero-order valence-corrected chi connectivity index (χ0v) is 8.99. The van der Waals surface area contributed by atoms with E-state index in [2.05, 4.69) is 15.4 Å². The molecule has 1 aromatic rings. The molecule has 0 bridgehead atoms. The number of anilines is 1. The van der Waals surface area contributed by atoms with Gasteiger partial charge in [0.2, 0.25) is 5.88 Å². The summed E-state index contributed by atoms with van der Waals surface area (Å²) in [6.45, 7) is 3.02. The van der Waals surface area contributed by atoms with Crippen LogP contribution in [0.3, 0.4) is 0 Å². The van der Waals surface area contributed by atoms with E-state index in [4.69, 9.17) is 15.3 Å². The smallest absolute Gasteiger partial charge is 0.218 e. The second kappa shape index (κ2) is 6.15. The molecule has 0 unspecified atom stereocenters. The first-order valence-electron chi connectivity index (χ1n) is 4.70. The molecule has 0 aromatic carbocycles. The summed E-state index contributed by atoms with van der Waals surface area (Å²) >= 11 is 0. The van der Waals surface area contributed by atoms with Gasteiger partial charge in [0.1, 0.15) is 11.6 Å². The van der Waals surface area contributed by atoms with Crippen LogP contribution in [-0.2, 0) is 4.74 Å². The fourth-order valence-electron chi connectivity index (χ4n) is 1.07. The van der Waals surface area contributed by atoms with Gasteiger partial charge in [-0.2, -0.15) is 4.98 Å². The van der Waals surface area contributed by atoms with E-state index in [1.54, 1.807) is 20.1 Å². The number of nitrogens with one attached hydrogen (secondary N) is 1. The normalized spacial score (nSPS) is 10.1. The number of hydrazine groups is 1. The highest BCUT2D eigenvalue weighted by Crippen LogP contribution is 2.12. The lowest BCUT2D eigenvalue weighted by molar-refractivity contribution is 0.170. The van der Waals surface area contributed by atoms with Crippen molar-refractivity contribution in [1.29, 1.82) is 0 Å². The van der Waals surface area contributed by atoms with Gasteiger partial charge in [-0.1, -0.05) is 0 Å². The van der Waals surface area contributed by atoms with Crippen molar-refractivity contribution in [3.05, 3.63) is 11.9 Å². The number of nitrogens with two attached hydrogens (primary N) is 1. The largest absolute Gasteiger partial charge is 0.477 e. The molecule has 0 spiro atoms. The van der Waals surface area contributed by atoms with Crippen LogP contribution in [0.5, 0.6) is 5.88 Å². The fourth-order valence-corrected chi connectivity index (χ4v) is 1.07. The minimum atomic E-state index is 0.520. The van der Waals surface area contributed by atoms with Crippen LogP contribution in [0.2, 0.25) is 0 Å². The number of ether oxygens (including phenoxy) is 2. The summed E-state index contributed by atoms with van der Waals surface area (Å²) in [6.07, 6.45) is 0.824. The highest BCUT2D eigenvalue weighted by molar-refractivity contribution is 5.36. The molecule has 0 saturated heterocycles. The molecule has 0 aliphatic carbocycles. The molecule has 1 heterocycles. The number of hydrogen-bond acceptors (Lipinski definition) is 6. The highest BCUT2D eigenvalue weighted by Gasteiger charge is 2.01. The van der Waals surface area contributed by atoms with Gasteiger partial charge in [0.15, 0.2) is 0 Å². The van der Waals surface area contributed by atoms with E-state index in [0.29, 0.717) is 30.7 Å². The topological polar surface area (TPSA) is 82.3 Å². The summed E-state index contributed by atoms with van der Waals surface area (Å²) in [5.41, 5.74) is 2.45. The van der Waals surface area contributed by atoms with Crippen molar-refractivity contribution in [3.8, 4) is 5.88 Å². The molecule has 0 aliphatic heterocycles. The van der Waals surface area contributed by atoms with Gasteiger partial charge in [0.05, 0.1) is 6.61 Å². The Morgan fingerprint density at radius 3 is 2.87 bits per heavy atom. The van der Waals surface area contributed by atoms with E-state index in [1.807, 2.05) is 0 Å². The first-order valence-corrected chi connectivity index (χ1v) is 4.70. The standard InChI is InChI=1S/C9H16N4O2/c1-7-11-8(13-10)6-9(12-7)15-5-3-4-14-2/h6H,3-5,10H2,1-2H3,(H,11,12,13). The van der Waals surface area contributed by atoms with Gasteiger partial charge in [-0.25, -0.2) is 10.8 Å². The van der Waals surface area contributed by atoms with Gasteiger partial charge in [-0.05, 0) is 6.92 Å². The highest BCUT2D eigenvalue weighted by atomic mass is 16.5. The van der Waals surface area contributed by atoms with E-state index in [1.165, 1.54) is 0 Å². The van der Waals surface area contributed by atoms with Crippen LogP contribution in [0.4, 0.5) is 5.82 Å². The maximum atomic E-state index is 5.40. The molecule has 0 fully saturated rings. The maximum absolute atomic E-state index is 5.40. The molecular weight excluding hydrogens is 196 g/mol. The third-order valence-corrected chi connectivity index (χ3v) is 1.71. The van der Waals surface area contributed by atoms with Crippen molar-refractivity contribution in [3.63, 3.8) is 0 Å². The van der Waals surface area contributed by atoms with Crippen LogP contribution in [0.15, 0.2) is 6.07 Å². The second-order valence-electron chi connectivity index (χ2n) is 2.98. The number of nitrogen functional groups attached to an aromatic ring is 1. The zero-order chi connectivity index (χ0) is 11.1. The van der Waals surface area contributed by atoms with Gasteiger partial charge < -0.3 is 14.9 Å². The van der Waals surface area contributed by atoms with Crippen LogP contribution in [0.25, 0.3) is 0 Å². The summed E-state index contributed by atoms with van der Waals surface area (Å²) < 4.78 is 10.3. The molecule has 0 amide bonds. The van der Waals surface area contributed by atoms with E-state index >= 15 is 0 Å². The van der Waals surface area contributed by atoms with Gasteiger partial charge in [0, 0.05) is 26.2 Å². The number of methoxy groups -OCH3 is 1. The minimum Gasteiger partial charge on any atom is -0.477 e. The predicted octanol–water partition coefficient (Wildman–Crippen LogP) is 0.486. The third-order valence-electron chi connectivity index (χ3n) is 1.71. The summed E-state index contributed by atoms with van der Waals surface area (Å²) in [5, 5.41) is 0. The molecular formula is C9H16N4O2. The molecule has 0 saturated carbocycles. The van der Waals surface area contributed by atoms with Crippen molar-refractivity contribution in [2.75, 3.05) is 25.7 Å². The van der Waals surface area contributed by atoms with Crippen LogP contribution < -0.4 is 16.0 Å². The predicted molar refractivity (Wildman–Crippen MR) is 56.6 cm³/mol. The third kappa shape index (κ3) is 4.09. The van der Waals surface area contributed by atoms with Crippen molar-refractivity contribution < 1.29 is 9.47 Å². The Kier molecular flexibility index (Phi) is 4.79. The molecule has 0 aliphatic rings. The molecule has 1 rings (SSSR count). The van der Waals surface area contributed by atoms with Gasteiger partial charge in [-0.15, -0.1) is 0 Å². The molecule has 84 valence electrons. The number of aromatic nitrogens is 2. The molecule has 1 aromatic heterocycles. The van der Waals surface area contributed by atoms with Gasteiger partial charge >= 0.3 is 0 Å². The first-order chi connectivity index (χ1) is 7.26. The van der Waals surface area contributed by atoms with Crippen molar-refractivity contribution in [1.82, 2.24) is 9.97 Å². The Morgan fingerprint density at radius 2 is 2.20 bits per heavy atom. The Morgan fingerprint density at radius 1 is 1.40 bits per heavy atom. The van der Waals surface area contributed by atoms with E-state index < -0.39 is 0 Å². The Bertz CT molecular complexity index is 306. The number of nitrogens with zero attached hydrogens (tertiary/aromatic N) is 2. The molecule has 0 radical (unpaired) electrons. The second-order valence-corrected chi connectivity index (χ2v) is 2.98. The summed E-state index contributed by atoms with van der Waals surface area (Å²) in [4.78, 5) is 8.15. The van der Waals surface area contributed by atoms with Crippen LogP contribution in [0.1, 0.15) is 12.2 Å². The van der Waals surface area contributed by atoms with Crippen molar-refractivity contribution in [2.24, 2.45) is 5.84 Å². The maximum Gasteiger partial charge on any atom is 0.218 e. The quantitative estimate of drug-likeness (QED) is 0.405. The molecule has 6 heteroatoms. The average Bonchev–Trinajstić information content (AvgIpc) is 2.23. The van der Waals surface area contributed by atoms with Gasteiger partial charge in [0.25, 0.3) is 0 Å². The number of rotatable bonds is 6. The lowest BCUT2D eigenvalue weighted by Crippen LogP contribution is -2.11. The van der Waals surface area contributed by atoms with Crippen molar-refractivity contribution >= 4 is 5.82 Å². The van der Waals surface area contributed by atoms with Crippen LogP contribution in [-0.4, -0.2) is 30.3 Å². The monoisotopic (exact) mass is 212 g/mol. The summed E-state index contributed by atoms with van der Waals surface area (Å²) in [5.74, 6) is 6.93. The Hall–Kier alpha value is -1.40. The number of aryl methyl sites for hydroxylation is 1. The molecule has 6 nitrogen and oxygen atoms in total. The van der Waals surface area contributed by atoms with Crippen molar-refractivity contribution in [2.45, 2.75) is 13.3 Å². The molecule has 3 N–H and O–H groups in total. The van der Waals surface area contributed by atoms with Crippen LogP contribution in [0, 0.1) is 6.92 Å². The zero-order valence-electron chi connectivity index (χ0n) is 8.99. The fraction of sp³-hybridized carbons (Fsp3) is 0.556.